The van der Waals surface area contributed by atoms with Crippen LogP contribution in [0, 0.1) is 0 Å². The number of nitrogen functional groups attached to an aromatic ring is 1. The molecule has 6 heteroatoms. The standard InChI is InChI=1S/C15H10Br2ClN3/c16-8-1-3-13-10(5-8)15(12(19)7-20-13)21-14-4-2-9(17)6-11(14)18/h1-7H,19H2,(H,20,21). The Hall–Kier alpha value is -1.30. The number of fused-ring (bicyclic) bond motifs is 1. The van der Waals surface area contributed by atoms with Crippen LogP contribution >= 0.6 is 43.5 Å². The van der Waals surface area contributed by atoms with E-state index in [0.717, 1.165) is 31.2 Å². The largest absolute Gasteiger partial charge is 0.396 e. The van der Waals surface area contributed by atoms with E-state index in [1.165, 1.54) is 0 Å². The first kappa shape index (κ1) is 14.6. The average molecular weight is 428 g/mol. The van der Waals surface area contributed by atoms with Gasteiger partial charge < -0.3 is 11.1 Å². The molecule has 0 aliphatic heterocycles. The number of nitrogens with one attached hydrogen (secondary N) is 1. The minimum Gasteiger partial charge on any atom is -0.396 e. The predicted octanol–water partition coefficient (Wildman–Crippen LogP) is 5.74. The van der Waals surface area contributed by atoms with Crippen LogP contribution in [0.4, 0.5) is 17.1 Å². The van der Waals surface area contributed by atoms with Gasteiger partial charge in [0.2, 0.25) is 0 Å². The number of nitrogens with two attached hydrogens (primary N) is 1. The molecule has 1 aromatic heterocycles. The molecule has 0 saturated carbocycles. The van der Waals surface area contributed by atoms with Gasteiger partial charge in [-0.2, -0.15) is 0 Å². The zero-order chi connectivity index (χ0) is 15.0. The smallest absolute Gasteiger partial charge is 0.0746 e. The van der Waals surface area contributed by atoms with Crippen LogP contribution < -0.4 is 11.1 Å². The predicted molar refractivity (Wildman–Crippen MR) is 96.3 cm³/mol. The van der Waals surface area contributed by atoms with Gasteiger partial charge in [0.1, 0.15) is 0 Å². The van der Waals surface area contributed by atoms with Crippen LogP contribution in [0.25, 0.3) is 10.9 Å². The molecule has 0 aliphatic carbocycles. The Balaban J connectivity index is 2.15. The Kier molecular flexibility index (Phi) is 4.06. The monoisotopic (exact) mass is 425 g/mol. The molecular formula is C15H10Br2ClN3. The third-order valence-corrected chi connectivity index (χ3v) is 4.35. The van der Waals surface area contributed by atoms with E-state index in [2.05, 4.69) is 42.2 Å². The number of benzene rings is 2. The van der Waals surface area contributed by atoms with E-state index >= 15 is 0 Å². The van der Waals surface area contributed by atoms with Crippen LogP contribution in [0.1, 0.15) is 0 Å². The molecular weight excluding hydrogens is 417 g/mol. The van der Waals surface area contributed by atoms with E-state index in [1.54, 1.807) is 6.20 Å². The Morgan fingerprint density at radius 3 is 2.52 bits per heavy atom. The maximum Gasteiger partial charge on any atom is 0.0746 e. The van der Waals surface area contributed by atoms with E-state index < -0.39 is 0 Å². The van der Waals surface area contributed by atoms with E-state index in [4.69, 9.17) is 17.3 Å². The van der Waals surface area contributed by atoms with Gasteiger partial charge in [-0.1, -0.05) is 43.5 Å². The number of hydrogen-bond acceptors (Lipinski definition) is 3. The molecule has 0 saturated heterocycles. The molecule has 0 aliphatic rings. The van der Waals surface area contributed by atoms with Crippen LogP contribution in [0.3, 0.4) is 0 Å². The summed E-state index contributed by atoms with van der Waals surface area (Å²) in [5.74, 6) is 0. The van der Waals surface area contributed by atoms with Crippen LogP contribution in [-0.4, -0.2) is 4.98 Å². The molecule has 21 heavy (non-hydrogen) atoms. The quantitative estimate of drug-likeness (QED) is 0.548. The molecule has 106 valence electrons. The van der Waals surface area contributed by atoms with Crippen LogP contribution in [0.2, 0.25) is 5.02 Å². The molecule has 0 fully saturated rings. The van der Waals surface area contributed by atoms with Gasteiger partial charge in [-0.15, -0.1) is 0 Å². The summed E-state index contributed by atoms with van der Waals surface area (Å²) < 4.78 is 1.89. The molecule has 2 aromatic carbocycles. The van der Waals surface area contributed by atoms with Gasteiger partial charge in [-0.25, -0.2) is 0 Å². The highest BCUT2D eigenvalue weighted by Crippen LogP contribution is 2.35. The van der Waals surface area contributed by atoms with Crippen molar-refractivity contribution in [3.8, 4) is 0 Å². The van der Waals surface area contributed by atoms with Gasteiger partial charge in [0, 0.05) is 14.3 Å². The highest BCUT2D eigenvalue weighted by molar-refractivity contribution is 9.10. The number of rotatable bonds is 2. The summed E-state index contributed by atoms with van der Waals surface area (Å²) in [7, 11) is 0. The van der Waals surface area contributed by atoms with E-state index in [0.29, 0.717) is 10.7 Å². The molecule has 1 heterocycles. The second-order valence-corrected chi connectivity index (χ2v) is 6.74. The summed E-state index contributed by atoms with van der Waals surface area (Å²) in [5.41, 5.74) is 9.09. The highest BCUT2D eigenvalue weighted by atomic mass is 79.9. The van der Waals surface area contributed by atoms with Crippen LogP contribution in [0.15, 0.2) is 51.5 Å². The van der Waals surface area contributed by atoms with Gasteiger partial charge in [0.25, 0.3) is 0 Å². The summed E-state index contributed by atoms with van der Waals surface area (Å²) in [6.45, 7) is 0. The van der Waals surface area contributed by atoms with Crippen molar-refractivity contribution >= 4 is 71.4 Å². The average Bonchev–Trinajstić information content (AvgIpc) is 2.44. The van der Waals surface area contributed by atoms with Crippen molar-refractivity contribution in [3.63, 3.8) is 0 Å². The fourth-order valence-corrected chi connectivity index (χ4v) is 3.13. The molecule has 0 bridgehead atoms. The number of aromatic nitrogens is 1. The maximum atomic E-state index is 6.26. The SMILES string of the molecule is Nc1cnc2ccc(Br)cc2c1Nc1ccc(Br)cc1Cl. The Bertz CT molecular complexity index is 831. The van der Waals surface area contributed by atoms with Gasteiger partial charge in [0.15, 0.2) is 0 Å². The number of hydrogen-bond donors (Lipinski definition) is 2. The normalized spacial score (nSPS) is 10.8. The van der Waals surface area contributed by atoms with E-state index in [9.17, 15) is 0 Å². The lowest BCUT2D eigenvalue weighted by atomic mass is 10.1. The fraction of sp³-hybridized carbons (Fsp3) is 0. The van der Waals surface area contributed by atoms with Gasteiger partial charge in [-0.05, 0) is 36.4 Å². The van der Waals surface area contributed by atoms with E-state index in [-0.39, 0.29) is 0 Å². The zero-order valence-electron chi connectivity index (χ0n) is 10.7. The topological polar surface area (TPSA) is 50.9 Å². The summed E-state index contributed by atoms with van der Waals surface area (Å²) in [6, 6.07) is 11.5. The molecule has 3 aromatic rings. The van der Waals surface area contributed by atoms with Crippen LogP contribution in [-0.2, 0) is 0 Å². The van der Waals surface area contributed by atoms with Gasteiger partial charge in [-0.3, -0.25) is 4.98 Å². The summed E-state index contributed by atoms with van der Waals surface area (Å²) in [6.07, 6.45) is 1.64. The number of nitrogens with zero attached hydrogens (tertiary/aromatic N) is 1. The lowest BCUT2D eigenvalue weighted by molar-refractivity contribution is 1.40. The van der Waals surface area contributed by atoms with Crippen molar-refractivity contribution in [3.05, 3.63) is 56.6 Å². The molecule has 0 atom stereocenters. The molecule has 0 unspecified atom stereocenters. The highest BCUT2D eigenvalue weighted by Gasteiger charge is 2.09. The van der Waals surface area contributed by atoms with Crippen molar-refractivity contribution in [1.29, 1.82) is 0 Å². The molecule has 3 N–H and O–H groups in total. The Labute approximate surface area is 143 Å². The molecule has 3 nitrogen and oxygen atoms in total. The molecule has 0 spiro atoms. The summed E-state index contributed by atoms with van der Waals surface area (Å²) >= 11 is 13.1. The number of pyridine rings is 1. The first-order valence-electron chi connectivity index (χ1n) is 6.10. The first-order valence-corrected chi connectivity index (χ1v) is 8.07. The second kappa shape index (κ2) is 5.83. The van der Waals surface area contributed by atoms with Gasteiger partial charge >= 0.3 is 0 Å². The van der Waals surface area contributed by atoms with Crippen molar-refractivity contribution < 1.29 is 0 Å². The minimum atomic E-state index is 0.569. The number of anilines is 3. The van der Waals surface area contributed by atoms with Crippen molar-refractivity contribution in [2.24, 2.45) is 0 Å². The molecule has 0 radical (unpaired) electrons. The van der Waals surface area contributed by atoms with Gasteiger partial charge in [0.05, 0.1) is 33.8 Å². The van der Waals surface area contributed by atoms with Crippen molar-refractivity contribution in [1.82, 2.24) is 4.98 Å². The van der Waals surface area contributed by atoms with Crippen molar-refractivity contribution in [2.75, 3.05) is 11.1 Å². The molecule has 0 amide bonds. The van der Waals surface area contributed by atoms with E-state index in [1.807, 2.05) is 36.4 Å². The molecule has 3 rings (SSSR count). The minimum absolute atomic E-state index is 0.569. The summed E-state index contributed by atoms with van der Waals surface area (Å²) in [4.78, 5) is 4.33. The maximum absolute atomic E-state index is 6.26. The third-order valence-electron chi connectivity index (χ3n) is 3.05. The first-order chi connectivity index (χ1) is 10.0. The Morgan fingerprint density at radius 2 is 1.76 bits per heavy atom. The zero-order valence-corrected chi connectivity index (χ0v) is 14.6. The lowest BCUT2D eigenvalue weighted by Gasteiger charge is -2.14. The lowest BCUT2D eigenvalue weighted by Crippen LogP contribution is -1.99. The third kappa shape index (κ3) is 3.00. The van der Waals surface area contributed by atoms with Crippen LogP contribution in [0.5, 0.6) is 0 Å². The van der Waals surface area contributed by atoms with Crippen molar-refractivity contribution in [2.45, 2.75) is 0 Å². The second-order valence-electron chi connectivity index (χ2n) is 4.50. The Morgan fingerprint density at radius 1 is 1.05 bits per heavy atom. The summed E-state index contributed by atoms with van der Waals surface area (Å²) in [5, 5.41) is 4.85. The fourth-order valence-electron chi connectivity index (χ4n) is 2.05. The number of halogens is 3.